The highest BCUT2D eigenvalue weighted by molar-refractivity contribution is 6.34. The van der Waals surface area contributed by atoms with Gasteiger partial charge >= 0.3 is 0 Å². The van der Waals surface area contributed by atoms with Crippen LogP contribution < -0.4 is 5.32 Å². The standard InChI is InChI=1S/C12H14Cl2N4/c1-7-11(13)16-10-6-9(17-18(10)12(7)14)8-4-2-3-5-15-8/h6,8,15H,2-5H2,1H3/t8-/m0/s1. The average Bonchev–Trinajstić information content (AvgIpc) is 2.81. The lowest BCUT2D eigenvalue weighted by molar-refractivity contribution is 0.404. The lowest BCUT2D eigenvalue weighted by atomic mass is 10.0. The van der Waals surface area contributed by atoms with Crippen molar-refractivity contribution in [3.05, 3.63) is 27.6 Å². The highest BCUT2D eigenvalue weighted by Gasteiger charge is 2.19. The van der Waals surface area contributed by atoms with Crippen LogP contribution in [0, 0.1) is 6.92 Å². The third kappa shape index (κ3) is 1.98. The molecule has 96 valence electrons. The first-order valence-corrected chi connectivity index (χ1v) is 6.87. The lowest BCUT2D eigenvalue weighted by Crippen LogP contribution is -2.27. The normalized spacial score (nSPS) is 20.5. The van der Waals surface area contributed by atoms with E-state index in [1.807, 2.05) is 13.0 Å². The second-order valence-corrected chi connectivity index (χ2v) is 5.38. The summed E-state index contributed by atoms with van der Waals surface area (Å²) in [7, 11) is 0. The Morgan fingerprint density at radius 2 is 2.22 bits per heavy atom. The molecule has 2 aromatic rings. The van der Waals surface area contributed by atoms with Gasteiger partial charge in [-0.15, -0.1) is 0 Å². The number of rotatable bonds is 1. The van der Waals surface area contributed by atoms with Crippen LogP contribution in [0.4, 0.5) is 0 Å². The molecule has 0 unspecified atom stereocenters. The molecule has 0 radical (unpaired) electrons. The molecule has 18 heavy (non-hydrogen) atoms. The predicted octanol–water partition coefficient (Wildman–Crippen LogP) is 3.16. The minimum absolute atomic E-state index is 0.301. The van der Waals surface area contributed by atoms with E-state index in [2.05, 4.69) is 15.4 Å². The van der Waals surface area contributed by atoms with Gasteiger partial charge in [-0.1, -0.05) is 29.6 Å². The van der Waals surface area contributed by atoms with E-state index in [1.54, 1.807) is 4.52 Å². The first kappa shape index (κ1) is 12.2. The zero-order valence-electron chi connectivity index (χ0n) is 10.1. The molecule has 4 nitrogen and oxygen atoms in total. The van der Waals surface area contributed by atoms with E-state index in [1.165, 1.54) is 12.8 Å². The van der Waals surface area contributed by atoms with Crippen LogP contribution in [0.1, 0.15) is 36.6 Å². The summed E-state index contributed by atoms with van der Waals surface area (Å²) in [4.78, 5) is 4.31. The maximum Gasteiger partial charge on any atom is 0.158 e. The first-order valence-electron chi connectivity index (χ1n) is 6.11. The van der Waals surface area contributed by atoms with Crippen molar-refractivity contribution in [1.82, 2.24) is 19.9 Å². The van der Waals surface area contributed by atoms with E-state index < -0.39 is 0 Å². The van der Waals surface area contributed by atoms with E-state index in [4.69, 9.17) is 23.2 Å². The number of hydrogen-bond acceptors (Lipinski definition) is 3. The highest BCUT2D eigenvalue weighted by Crippen LogP contribution is 2.27. The van der Waals surface area contributed by atoms with E-state index in [0.29, 0.717) is 22.0 Å². The summed E-state index contributed by atoms with van der Waals surface area (Å²) in [5, 5.41) is 8.98. The molecule has 6 heteroatoms. The van der Waals surface area contributed by atoms with Gasteiger partial charge in [-0.2, -0.15) is 5.10 Å². The molecule has 1 saturated heterocycles. The molecule has 0 aliphatic carbocycles. The van der Waals surface area contributed by atoms with Crippen molar-refractivity contribution in [2.75, 3.05) is 6.54 Å². The molecule has 0 amide bonds. The minimum Gasteiger partial charge on any atom is -0.309 e. The Morgan fingerprint density at radius 3 is 2.94 bits per heavy atom. The number of aromatic nitrogens is 3. The number of nitrogens with zero attached hydrogens (tertiary/aromatic N) is 3. The molecule has 0 aromatic carbocycles. The van der Waals surface area contributed by atoms with Crippen molar-refractivity contribution in [3.8, 4) is 0 Å². The van der Waals surface area contributed by atoms with Crippen LogP contribution in [0.15, 0.2) is 6.07 Å². The summed E-state index contributed by atoms with van der Waals surface area (Å²) in [6.07, 6.45) is 3.56. The average molecular weight is 285 g/mol. The Morgan fingerprint density at radius 1 is 1.39 bits per heavy atom. The predicted molar refractivity (Wildman–Crippen MR) is 72.3 cm³/mol. The van der Waals surface area contributed by atoms with Gasteiger partial charge in [0.2, 0.25) is 0 Å². The van der Waals surface area contributed by atoms with Crippen LogP contribution in [0.25, 0.3) is 5.65 Å². The first-order chi connectivity index (χ1) is 8.66. The Kier molecular flexibility index (Phi) is 3.18. The summed E-state index contributed by atoms with van der Waals surface area (Å²) in [6, 6.07) is 2.26. The van der Waals surface area contributed by atoms with Crippen LogP contribution in [0.2, 0.25) is 10.3 Å². The summed E-state index contributed by atoms with van der Waals surface area (Å²) < 4.78 is 1.66. The van der Waals surface area contributed by atoms with Gasteiger partial charge in [-0.3, -0.25) is 0 Å². The third-order valence-electron chi connectivity index (χ3n) is 3.39. The lowest BCUT2D eigenvalue weighted by Gasteiger charge is -2.21. The number of nitrogens with one attached hydrogen (secondary N) is 1. The molecule has 0 spiro atoms. The largest absolute Gasteiger partial charge is 0.309 e. The minimum atomic E-state index is 0.301. The van der Waals surface area contributed by atoms with Gasteiger partial charge < -0.3 is 5.32 Å². The third-order valence-corrected chi connectivity index (χ3v) is 4.21. The Hall–Kier alpha value is -0.840. The second-order valence-electron chi connectivity index (χ2n) is 4.66. The van der Waals surface area contributed by atoms with E-state index in [0.717, 1.165) is 24.2 Å². The highest BCUT2D eigenvalue weighted by atomic mass is 35.5. The van der Waals surface area contributed by atoms with Crippen LogP contribution in [-0.2, 0) is 0 Å². The van der Waals surface area contributed by atoms with Crippen LogP contribution in [0.3, 0.4) is 0 Å². The molecule has 3 rings (SSSR count). The van der Waals surface area contributed by atoms with Gasteiger partial charge in [0, 0.05) is 11.6 Å². The fraction of sp³-hybridized carbons (Fsp3) is 0.500. The maximum atomic E-state index is 6.24. The van der Waals surface area contributed by atoms with Gasteiger partial charge in [0.1, 0.15) is 10.3 Å². The van der Waals surface area contributed by atoms with Gasteiger partial charge in [0.15, 0.2) is 5.65 Å². The Labute approximate surface area is 115 Å². The molecule has 0 bridgehead atoms. The number of halogens is 2. The molecule has 0 saturated carbocycles. The van der Waals surface area contributed by atoms with Crippen molar-refractivity contribution in [2.24, 2.45) is 0 Å². The Bertz CT molecular complexity index is 587. The molecule has 1 aliphatic rings. The van der Waals surface area contributed by atoms with Crippen LogP contribution >= 0.6 is 23.2 Å². The number of piperidine rings is 1. The zero-order valence-corrected chi connectivity index (χ0v) is 11.6. The second kappa shape index (κ2) is 4.68. The van der Waals surface area contributed by atoms with Gasteiger partial charge in [-0.05, 0) is 26.3 Å². The fourth-order valence-electron chi connectivity index (χ4n) is 2.32. The van der Waals surface area contributed by atoms with Crippen LogP contribution in [0.5, 0.6) is 0 Å². The van der Waals surface area contributed by atoms with E-state index >= 15 is 0 Å². The quantitative estimate of drug-likeness (QED) is 0.818. The van der Waals surface area contributed by atoms with Crippen LogP contribution in [-0.4, -0.2) is 21.1 Å². The fourth-order valence-corrected chi connectivity index (χ4v) is 2.75. The Balaban J connectivity index is 2.07. The monoisotopic (exact) mass is 284 g/mol. The molecule has 3 heterocycles. The molecule has 1 atom stereocenters. The topological polar surface area (TPSA) is 42.2 Å². The molecular weight excluding hydrogens is 271 g/mol. The SMILES string of the molecule is Cc1c(Cl)nc2cc([C@@H]3CCCCN3)nn2c1Cl. The summed E-state index contributed by atoms with van der Waals surface area (Å²) in [5.41, 5.74) is 2.46. The van der Waals surface area contributed by atoms with Gasteiger partial charge in [0.05, 0.1) is 11.7 Å². The molecule has 1 fully saturated rings. The summed E-state index contributed by atoms with van der Waals surface area (Å²) in [5.74, 6) is 0. The van der Waals surface area contributed by atoms with E-state index in [-0.39, 0.29) is 0 Å². The van der Waals surface area contributed by atoms with Crippen molar-refractivity contribution in [1.29, 1.82) is 0 Å². The summed E-state index contributed by atoms with van der Waals surface area (Å²) in [6.45, 7) is 2.89. The number of hydrogen-bond donors (Lipinski definition) is 1. The molecule has 2 aromatic heterocycles. The molecular formula is C12H14Cl2N4. The maximum absolute atomic E-state index is 6.24. The van der Waals surface area contributed by atoms with E-state index in [9.17, 15) is 0 Å². The van der Waals surface area contributed by atoms with Gasteiger partial charge in [-0.25, -0.2) is 9.50 Å². The van der Waals surface area contributed by atoms with Crippen molar-refractivity contribution >= 4 is 28.8 Å². The number of fused-ring (bicyclic) bond motifs is 1. The summed E-state index contributed by atoms with van der Waals surface area (Å²) >= 11 is 12.3. The smallest absolute Gasteiger partial charge is 0.158 e. The van der Waals surface area contributed by atoms with Gasteiger partial charge in [0.25, 0.3) is 0 Å². The molecule has 1 N–H and O–H groups in total. The molecule has 1 aliphatic heterocycles. The van der Waals surface area contributed by atoms with Crippen molar-refractivity contribution in [3.63, 3.8) is 0 Å². The van der Waals surface area contributed by atoms with Crippen molar-refractivity contribution in [2.45, 2.75) is 32.2 Å². The zero-order chi connectivity index (χ0) is 12.7. The van der Waals surface area contributed by atoms with Crippen molar-refractivity contribution < 1.29 is 0 Å².